The Balaban J connectivity index is 1.36. The van der Waals surface area contributed by atoms with Crippen molar-refractivity contribution in [2.24, 2.45) is 0 Å². The van der Waals surface area contributed by atoms with Crippen LogP contribution in [-0.4, -0.2) is 70.9 Å². The Bertz CT molecular complexity index is 981. The van der Waals surface area contributed by atoms with Gasteiger partial charge in [0.05, 0.1) is 19.9 Å². The van der Waals surface area contributed by atoms with E-state index in [2.05, 4.69) is 15.0 Å². The maximum atomic E-state index is 12.9. The maximum Gasteiger partial charge on any atom is 0.253 e. The highest BCUT2D eigenvalue weighted by atomic mass is 16.5. The van der Waals surface area contributed by atoms with E-state index in [1.165, 1.54) is 6.33 Å². The predicted octanol–water partition coefficient (Wildman–Crippen LogP) is 2.24. The Morgan fingerprint density at radius 1 is 1.00 bits per heavy atom. The number of nitrogens with zero attached hydrogens (tertiary/aromatic N) is 5. The minimum atomic E-state index is 0.0544. The molecule has 8 nitrogen and oxygen atoms in total. The van der Waals surface area contributed by atoms with Gasteiger partial charge in [-0.1, -0.05) is 0 Å². The largest absolute Gasteiger partial charge is 0.497 e. The molecule has 0 radical (unpaired) electrons. The first-order valence-electron chi connectivity index (χ1n) is 9.85. The van der Waals surface area contributed by atoms with Crippen molar-refractivity contribution in [3.8, 4) is 17.2 Å². The summed E-state index contributed by atoms with van der Waals surface area (Å²) in [5.41, 5.74) is 2.64. The fraction of sp³-hybridized carbons (Fsp3) is 0.318. The smallest absolute Gasteiger partial charge is 0.253 e. The molecule has 0 unspecified atom stereocenters. The molecule has 2 aromatic carbocycles. The van der Waals surface area contributed by atoms with Gasteiger partial charge in [-0.15, -0.1) is 0 Å². The van der Waals surface area contributed by atoms with E-state index >= 15 is 0 Å². The molecule has 1 fully saturated rings. The summed E-state index contributed by atoms with van der Waals surface area (Å²) >= 11 is 0. The molecule has 2 heterocycles. The zero-order valence-electron chi connectivity index (χ0n) is 17.2. The van der Waals surface area contributed by atoms with Gasteiger partial charge in [-0.2, -0.15) is 5.10 Å². The average molecular weight is 407 g/mol. The van der Waals surface area contributed by atoms with Crippen molar-refractivity contribution in [1.29, 1.82) is 0 Å². The lowest BCUT2D eigenvalue weighted by atomic mass is 10.1. The fourth-order valence-corrected chi connectivity index (χ4v) is 3.64. The van der Waals surface area contributed by atoms with E-state index in [4.69, 9.17) is 9.47 Å². The first-order chi connectivity index (χ1) is 14.7. The van der Waals surface area contributed by atoms with Crippen molar-refractivity contribution in [2.75, 3.05) is 40.4 Å². The lowest BCUT2D eigenvalue weighted by molar-refractivity contribution is 0.0627. The molecule has 30 heavy (non-hydrogen) atoms. The molecule has 3 aromatic rings. The van der Waals surface area contributed by atoms with E-state index in [-0.39, 0.29) is 5.91 Å². The van der Waals surface area contributed by atoms with Gasteiger partial charge in [-0.3, -0.25) is 9.69 Å². The van der Waals surface area contributed by atoms with E-state index in [1.807, 2.05) is 47.4 Å². The molecule has 8 heteroatoms. The van der Waals surface area contributed by atoms with Crippen LogP contribution in [0.5, 0.6) is 11.5 Å². The number of hydrogen-bond acceptors (Lipinski definition) is 6. The van der Waals surface area contributed by atoms with Crippen molar-refractivity contribution in [3.63, 3.8) is 0 Å². The summed E-state index contributed by atoms with van der Waals surface area (Å²) in [5, 5.41) is 4.10. The minimum absolute atomic E-state index is 0.0544. The van der Waals surface area contributed by atoms with Crippen molar-refractivity contribution in [2.45, 2.75) is 6.54 Å². The van der Waals surface area contributed by atoms with Crippen molar-refractivity contribution in [1.82, 2.24) is 24.6 Å². The predicted molar refractivity (Wildman–Crippen MR) is 112 cm³/mol. The molecule has 4 rings (SSSR count). The molecular formula is C22H25N5O3. The van der Waals surface area contributed by atoms with Gasteiger partial charge in [-0.05, 0) is 42.5 Å². The second kappa shape index (κ2) is 8.96. The number of aromatic nitrogens is 3. The van der Waals surface area contributed by atoms with Gasteiger partial charge in [0.15, 0.2) is 0 Å². The molecule has 0 N–H and O–H groups in total. The van der Waals surface area contributed by atoms with Crippen molar-refractivity contribution >= 4 is 5.91 Å². The standard InChI is InChI=1S/C22H25N5O3/c1-29-20-7-8-21(30-2)18(13-20)14-25-9-11-26(12-10-25)22(28)17-3-5-19(6-4-17)27-16-23-15-24-27/h3-8,13,15-16H,9-12,14H2,1-2H3. The van der Waals surface area contributed by atoms with Gasteiger partial charge >= 0.3 is 0 Å². The van der Waals surface area contributed by atoms with Crippen LogP contribution >= 0.6 is 0 Å². The molecule has 1 aromatic heterocycles. The third-order valence-corrected chi connectivity index (χ3v) is 5.34. The number of carbonyl (C=O) groups excluding carboxylic acids is 1. The molecule has 1 saturated heterocycles. The van der Waals surface area contributed by atoms with E-state index in [1.54, 1.807) is 25.2 Å². The highest BCUT2D eigenvalue weighted by Crippen LogP contribution is 2.25. The van der Waals surface area contributed by atoms with Crippen LogP contribution in [0.1, 0.15) is 15.9 Å². The van der Waals surface area contributed by atoms with E-state index in [9.17, 15) is 4.79 Å². The topological polar surface area (TPSA) is 72.7 Å². The summed E-state index contributed by atoms with van der Waals surface area (Å²) < 4.78 is 12.5. The van der Waals surface area contributed by atoms with Crippen LogP contribution in [0.25, 0.3) is 5.69 Å². The third-order valence-electron chi connectivity index (χ3n) is 5.34. The van der Waals surface area contributed by atoms with Gasteiger partial charge in [0.2, 0.25) is 0 Å². The van der Waals surface area contributed by atoms with Gasteiger partial charge < -0.3 is 14.4 Å². The van der Waals surface area contributed by atoms with Crippen molar-refractivity contribution in [3.05, 3.63) is 66.2 Å². The first kappa shape index (κ1) is 19.9. The number of benzene rings is 2. The Kier molecular flexibility index (Phi) is 5.94. The molecule has 156 valence electrons. The van der Waals surface area contributed by atoms with Gasteiger partial charge in [0, 0.05) is 43.9 Å². The molecule has 0 spiro atoms. The molecule has 1 amide bonds. The van der Waals surface area contributed by atoms with Gasteiger partial charge in [0.25, 0.3) is 5.91 Å². The van der Waals surface area contributed by atoms with Crippen LogP contribution in [0.15, 0.2) is 55.1 Å². The van der Waals surface area contributed by atoms with Crippen LogP contribution in [0.3, 0.4) is 0 Å². The van der Waals surface area contributed by atoms with Crippen molar-refractivity contribution < 1.29 is 14.3 Å². The molecule has 0 bridgehead atoms. The lowest BCUT2D eigenvalue weighted by Gasteiger charge is -2.35. The summed E-state index contributed by atoms with van der Waals surface area (Å²) in [7, 11) is 3.34. The number of piperazine rings is 1. The SMILES string of the molecule is COc1ccc(OC)c(CN2CCN(C(=O)c3ccc(-n4cncn4)cc3)CC2)c1. The Labute approximate surface area is 175 Å². The molecule has 1 aliphatic rings. The summed E-state index contributed by atoms with van der Waals surface area (Å²) in [4.78, 5) is 21.1. The molecule has 0 atom stereocenters. The highest BCUT2D eigenvalue weighted by Gasteiger charge is 2.23. The Hall–Kier alpha value is -3.39. The van der Waals surface area contributed by atoms with Crippen LogP contribution in [0, 0.1) is 0 Å². The second-order valence-electron chi connectivity index (χ2n) is 7.13. The number of methoxy groups -OCH3 is 2. The third kappa shape index (κ3) is 4.28. The van der Waals surface area contributed by atoms with Crippen LogP contribution in [0.4, 0.5) is 0 Å². The Morgan fingerprint density at radius 3 is 2.40 bits per heavy atom. The van der Waals surface area contributed by atoms with Gasteiger partial charge in [-0.25, -0.2) is 9.67 Å². The highest BCUT2D eigenvalue weighted by molar-refractivity contribution is 5.94. The van der Waals surface area contributed by atoms with E-state index in [0.29, 0.717) is 18.7 Å². The monoisotopic (exact) mass is 407 g/mol. The Morgan fingerprint density at radius 2 is 1.77 bits per heavy atom. The van der Waals surface area contributed by atoms with E-state index < -0.39 is 0 Å². The second-order valence-corrected chi connectivity index (χ2v) is 7.13. The molecule has 0 saturated carbocycles. The quantitative estimate of drug-likeness (QED) is 0.624. The fourth-order valence-electron chi connectivity index (χ4n) is 3.64. The summed E-state index contributed by atoms with van der Waals surface area (Å²) in [5.74, 6) is 1.72. The number of rotatable bonds is 6. The first-order valence-corrected chi connectivity index (χ1v) is 9.85. The minimum Gasteiger partial charge on any atom is -0.497 e. The number of amides is 1. The summed E-state index contributed by atoms with van der Waals surface area (Å²) in [6.07, 6.45) is 3.12. The number of ether oxygens (including phenoxy) is 2. The van der Waals surface area contributed by atoms with Crippen LogP contribution < -0.4 is 9.47 Å². The number of hydrogen-bond donors (Lipinski definition) is 0. The molecule has 0 aliphatic carbocycles. The van der Waals surface area contributed by atoms with E-state index in [0.717, 1.165) is 42.4 Å². The zero-order chi connectivity index (χ0) is 20.9. The van der Waals surface area contributed by atoms with Crippen LogP contribution in [-0.2, 0) is 6.54 Å². The lowest BCUT2D eigenvalue weighted by Crippen LogP contribution is -2.48. The van der Waals surface area contributed by atoms with Gasteiger partial charge in [0.1, 0.15) is 24.2 Å². The average Bonchev–Trinajstić information content (AvgIpc) is 3.34. The summed E-state index contributed by atoms with van der Waals surface area (Å²) in [6.45, 7) is 3.76. The summed E-state index contributed by atoms with van der Waals surface area (Å²) in [6, 6.07) is 13.3. The maximum absolute atomic E-state index is 12.9. The molecular weight excluding hydrogens is 382 g/mol. The van der Waals surface area contributed by atoms with Crippen LogP contribution in [0.2, 0.25) is 0 Å². The normalized spacial score (nSPS) is 14.5. The zero-order valence-corrected chi connectivity index (χ0v) is 17.2. The molecule has 1 aliphatic heterocycles. The number of carbonyl (C=O) groups is 1.